The molecule has 0 bridgehead atoms. The van der Waals surface area contributed by atoms with Gasteiger partial charge in [0.25, 0.3) is 11.8 Å². The fraction of sp³-hybridized carbons (Fsp3) is 0.280. The molecule has 4 rings (SSSR count). The molecule has 0 spiro atoms. The lowest BCUT2D eigenvalue weighted by atomic mass is 10.1. The van der Waals surface area contributed by atoms with Crippen LogP contribution in [0.15, 0.2) is 66.0 Å². The van der Waals surface area contributed by atoms with Crippen LogP contribution in [-0.2, 0) is 11.3 Å². The third-order valence-electron chi connectivity index (χ3n) is 5.61. The average Bonchev–Trinajstić information content (AvgIpc) is 3.39. The molecule has 166 valence electrons. The Kier molecular flexibility index (Phi) is 6.87. The first kappa shape index (κ1) is 22.0. The van der Waals surface area contributed by atoms with Crippen molar-refractivity contribution < 1.29 is 14.3 Å². The van der Waals surface area contributed by atoms with Crippen molar-refractivity contribution in [3.8, 4) is 0 Å². The van der Waals surface area contributed by atoms with Crippen LogP contribution in [0.5, 0.6) is 0 Å². The van der Waals surface area contributed by atoms with Crippen molar-refractivity contribution in [1.82, 2.24) is 4.90 Å². The van der Waals surface area contributed by atoms with Crippen LogP contribution >= 0.6 is 11.3 Å². The smallest absolute Gasteiger partial charge is 0.268 e. The van der Waals surface area contributed by atoms with E-state index in [0.29, 0.717) is 22.7 Å². The number of benzene rings is 2. The Bertz CT molecular complexity index is 1060. The Morgan fingerprint density at radius 2 is 1.66 bits per heavy atom. The number of rotatable bonds is 6. The van der Waals surface area contributed by atoms with Gasteiger partial charge in [0.05, 0.1) is 29.3 Å². The van der Waals surface area contributed by atoms with E-state index in [1.54, 1.807) is 36.0 Å². The first-order valence-electron chi connectivity index (χ1n) is 10.6. The predicted octanol–water partition coefficient (Wildman–Crippen LogP) is 4.13. The van der Waals surface area contributed by atoms with Crippen LogP contribution in [0.1, 0.15) is 25.6 Å². The Morgan fingerprint density at radius 1 is 0.938 bits per heavy atom. The van der Waals surface area contributed by atoms with Crippen LogP contribution in [-0.4, -0.2) is 57.1 Å². The molecule has 1 aromatic heterocycles. The van der Waals surface area contributed by atoms with Crippen molar-refractivity contribution >= 4 is 34.5 Å². The molecule has 0 N–H and O–H groups in total. The van der Waals surface area contributed by atoms with E-state index in [2.05, 4.69) is 29.2 Å². The first-order chi connectivity index (χ1) is 15.5. The lowest BCUT2D eigenvalue weighted by Gasteiger charge is -2.29. The summed E-state index contributed by atoms with van der Waals surface area (Å²) < 4.78 is 5.42. The van der Waals surface area contributed by atoms with Gasteiger partial charge in [0.15, 0.2) is 0 Å². The molecule has 2 heterocycles. The quantitative estimate of drug-likeness (QED) is 0.568. The van der Waals surface area contributed by atoms with E-state index in [9.17, 15) is 9.59 Å². The number of hydrogen-bond acceptors (Lipinski definition) is 5. The van der Waals surface area contributed by atoms with Gasteiger partial charge in [-0.05, 0) is 41.3 Å². The number of anilines is 2. The van der Waals surface area contributed by atoms with Gasteiger partial charge in [0.2, 0.25) is 0 Å². The lowest BCUT2D eigenvalue weighted by molar-refractivity contribution is 0.0786. The molecule has 0 unspecified atom stereocenters. The molecule has 6 nitrogen and oxygen atoms in total. The largest absolute Gasteiger partial charge is 0.378 e. The SMILES string of the molecule is CN(Cc1ccc(N2CCOCC2)cc1)C(=O)c1ccccc1N(C)C(=O)c1cccs1. The molecular weight excluding hydrogens is 422 g/mol. The molecular formula is C25H27N3O3S. The predicted molar refractivity (Wildman–Crippen MR) is 129 cm³/mol. The maximum absolute atomic E-state index is 13.3. The van der Waals surface area contributed by atoms with Gasteiger partial charge in [-0.1, -0.05) is 30.3 Å². The van der Waals surface area contributed by atoms with Crippen LogP contribution in [0.2, 0.25) is 0 Å². The topological polar surface area (TPSA) is 53.1 Å². The van der Waals surface area contributed by atoms with E-state index < -0.39 is 0 Å². The highest BCUT2D eigenvalue weighted by molar-refractivity contribution is 7.12. The molecule has 1 fully saturated rings. The van der Waals surface area contributed by atoms with E-state index in [-0.39, 0.29) is 11.8 Å². The normalized spacial score (nSPS) is 13.6. The van der Waals surface area contributed by atoms with Gasteiger partial charge in [-0.25, -0.2) is 0 Å². The van der Waals surface area contributed by atoms with Crippen LogP contribution in [0.4, 0.5) is 11.4 Å². The van der Waals surface area contributed by atoms with Crippen molar-refractivity contribution in [3.63, 3.8) is 0 Å². The van der Waals surface area contributed by atoms with Crippen LogP contribution < -0.4 is 9.80 Å². The summed E-state index contributed by atoms with van der Waals surface area (Å²) in [5.41, 5.74) is 3.33. The average molecular weight is 450 g/mol. The Morgan fingerprint density at radius 3 is 2.34 bits per heavy atom. The number of para-hydroxylation sites is 1. The van der Waals surface area contributed by atoms with Gasteiger partial charge >= 0.3 is 0 Å². The van der Waals surface area contributed by atoms with Crippen molar-refractivity contribution in [2.45, 2.75) is 6.54 Å². The molecule has 0 saturated carbocycles. The lowest BCUT2D eigenvalue weighted by Crippen LogP contribution is -2.36. The summed E-state index contributed by atoms with van der Waals surface area (Å²) in [7, 11) is 3.49. The van der Waals surface area contributed by atoms with Crippen molar-refractivity contribution in [3.05, 3.63) is 82.0 Å². The molecule has 1 aliphatic rings. The highest BCUT2D eigenvalue weighted by Crippen LogP contribution is 2.24. The maximum Gasteiger partial charge on any atom is 0.268 e. The monoisotopic (exact) mass is 449 g/mol. The summed E-state index contributed by atoms with van der Waals surface area (Å²) >= 11 is 1.39. The second-order valence-electron chi connectivity index (χ2n) is 7.79. The molecule has 0 aliphatic carbocycles. The first-order valence-corrected chi connectivity index (χ1v) is 11.5. The molecule has 2 amide bonds. The number of hydrogen-bond donors (Lipinski definition) is 0. The van der Waals surface area contributed by atoms with E-state index in [1.165, 1.54) is 17.0 Å². The third-order valence-corrected chi connectivity index (χ3v) is 6.47. The standard InChI is InChI=1S/C25H27N3O3S/c1-26(18-19-9-11-20(12-10-19)28-13-15-31-16-14-28)24(29)21-6-3-4-7-22(21)27(2)25(30)23-8-5-17-32-23/h3-12,17H,13-16,18H2,1-2H3. The van der Waals surface area contributed by atoms with Gasteiger partial charge in [-0.3, -0.25) is 9.59 Å². The summed E-state index contributed by atoms with van der Waals surface area (Å²) in [6.07, 6.45) is 0. The number of carbonyl (C=O) groups is 2. The Balaban J connectivity index is 1.46. The molecule has 0 atom stereocenters. The van der Waals surface area contributed by atoms with Crippen LogP contribution in [0.3, 0.4) is 0 Å². The fourth-order valence-electron chi connectivity index (χ4n) is 3.81. The van der Waals surface area contributed by atoms with Crippen molar-refractivity contribution in [1.29, 1.82) is 0 Å². The van der Waals surface area contributed by atoms with Crippen LogP contribution in [0, 0.1) is 0 Å². The number of carbonyl (C=O) groups excluding carboxylic acids is 2. The minimum Gasteiger partial charge on any atom is -0.378 e. The minimum absolute atomic E-state index is 0.122. The number of thiophene rings is 1. The van der Waals surface area contributed by atoms with Gasteiger partial charge < -0.3 is 19.4 Å². The highest BCUT2D eigenvalue weighted by atomic mass is 32.1. The zero-order chi connectivity index (χ0) is 22.5. The number of nitrogens with zero attached hydrogens (tertiary/aromatic N) is 3. The zero-order valence-electron chi connectivity index (χ0n) is 18.4. The highest BCUT2D eigenvalue weighted by Gasteiger charge is 2.22. The Labute approximate surface area is 192 Å². The second-order valence-corrected chi connectivity index (χ2v) is 8.73. The molecule has 2 aromatic carbocycles. The van der Waals surface area contributed by atoms with Gasteiger partial charge in [-0.2, -0.15) is 0 Å². The molecule has 1 aliphatic heterocycles. The molecule has 32 heavy (non-hydrogen) atoms. The van der Waals surface area contributed by atoms with Crippen molar-refractivity contribution in [2.24, 2.45) is 0 Å². The third kappa shape index (κ3) is 4.84. The van der Waals surface area contributed by atoms with E-state index in [0.717, 1.165) is 31.9 Å². The zero-order valence-corrected chi connectivity index (χ0v) is 19.2. The number of amides is 2. The second kappa shape index (κ2) is 9.97. The summed E-state index contributed by atoms with van der Waals surface area (Å²) in [5, 5.41) is 1.87. The minimum atomic E-state index is -0.124. The van der Waals surface area contributed by atoms with E-state index >= 15 is 0 Å². The summed E-state index contributed by atoms with van der Waals surface area (Å²) in [6.45, 7) is 3.78. The number of ether oxygens (including phenoxy) is 1. The Hall–Kier alpha value is -3.16. The molecule has 7 heteroatoms. The van der Waals surface area contributed by atoms with Crippen LogP contribution in [0.25, 0.3) is 0 Å². The summed E-state index contributed by atoms with van der Waals surface area (Å²) in [6, 6.07) is 19.2. The molecule has 0 radical (unpaired) electrons. The molecule has 3 aromatic rings. The number of morpholine rings is 1. The van der Waals surface area contributed by atoms with Crippen molar-refractivity contribution in [2.75, 3.05) is 50.2 Å². The van der Waals surface area contributed by atoms with Gasteiger partial charge in [0.1, 0.15) is 0 Å². The fourth-order valence-corrected chi connectivity index (χ4v) is 4.51. The summed E-state index contributed by atoms with van der Waals surface area (Å²) in [4.78, 5) is 32.2. The van der Waals surface area contributed by atoms with Gasteiger partial charge in [0, 0.05) is 39.4 Å². The van der Waals surface area contributed by atoms with Gasteiger partial charge in [-0.15, -0.1) is 11.3 Å². The summed E-state index contributed by atoms with van der Waals surface area (Å²) in [5.74, 6) is -0.245. The molecule has 1 saturated heterocycles. The van der Waals surface area contributed by atoms with E-state index in [1.807, 2.05) is 29.6 Å². The maximum atomic E-state index is 13.3. The van der Waals surface area contributed by atoms with E-state index in [4.69, 9.17) is 4.74 Å².